The Labute approximate surface area is 221 Å². The lowest BCUT2D eigenvalue weighted by atomic mass is 9.95. The molecule has 16 nitrogen and oxygen atoms in total. The number of hydrogen-bond donors (Lipinski definition) is 8. The van der Waals surface area contributed by atoms with Crippen LogP contribution in [0.4, 0.5) is 4.79 Å². The van der Waals surface area contributed by atoms with E-state index in [1.807, 2.05) is 0 Å². The van der Waals surface area contributed by atoms with Gasteiger partial charge in [-0.15, -0.1) is 0 Å². The third-order valence-corrected chi connectivity index (χ3v) is 4.94. The number of alkyl carbamates (subject to hydrolysis) is 1. The fourth-order valence-electron chi connectivity index (χ4n) is 3.39. The van der Waals surface area contributed by atoms with Crippen molar-refractivity contribution in [2.24, 2.45) is 0 Å². The number of amides is 5. The van der Waals surface area contributed by atoms with Gasteiger partial charge >= 0.3 is 6.09 Å². The quantitative estimate of drug-likeness (QED) is 0.103. The SMILES string of the molecule is CC(=O)N[C@@H]1[C@@H](O)[C@H](O)[C@@H](CO)O[C@H]1NC(=O)C[C@H](NC(=O)OC(C)(C)C)C(=O)NNC(=O)C[N+](C)(C)C. The summed E-state index contributed by atoms with van der Waals surface area (Å²) in [5.74, 6) is -2.94. The Balaban J connectivity index is 3.01. The van der Waals surface area contributed by atoms with Gasteiger partial charge in [0.05, 0.1) is 34.2 Å². The average molecular weight is 550 g/mol. The first-order valence-electron chi connectivity index (χ1n) is 11.9. The van der Waals surface area contributed by atoms with Gasteiger partial charge in [0.1, 0.15) is 36.0 Å². The number of nitrogens with one attached hydrogen (secondary N) is 5. The van der Waals surface area contributed by atoms with Gasteiger partial charge in [-0.3, -0.25) is 30.0 Å². The highest BCUT2D eigenvalue weighted by molar-refractivity contribution is 5.92. The molecule has 0 aromatic rings. The van der Waals surface area contributed by atoms with E-state index in [4.69, 9.17) is 9.47 Å². The van der Waals surface area contributed by atoms with Crippen LogP contribution in [-0.2, 0) is 28.7 Å². The van der Waals surface area contributed by atoms with Gasteiger partial charge in [0.15, 0.2) is 12.8 Å². The number of hydrazine groups is 1. The Bertz CT molecular complexity index is 872. The topological polar surface area (TPSA) is 225 Å². The molecule has 5 amide bonds. The van der Waals surface area contributed by atoms with E-state index in [1.165, 1.54) is 0 Å². The second-order valence-corrected chi connectivity index (χ2v) is 10.9. The second-order valence-electron chi connectivity index (χ2n) is 10.9. The molecular formula is C22H41N6O10+. The molecule has 0 aliphatic carbocycles. The molecule has 0 unspecified atom stereocenters. The fraction of sp³-hybridized carbons (Fsp3) is 0.773. The van der Waals surface area contributed by atoms with Gasteiger partial charge in [0.2, 0.25) is 11.8 Å². The molecule has 1 heterocycles. The minimum absolute atomic E-state index is 0.0225. The van der Waals surface area contributed by atoms with E-state index in [0.717, 1.165) is 6.92 Å². The van der Waals surface area contributed by atoms with Gasteiger partial charge in [0.25, 0.3) is 11.8 Å². The molecule has 0 spiro atoms. The van der Waals surface area contributed by atoms with E-state index in [-0.39, 0.29) is 11.0 Å². The summed E-state index contributed by atoms with van der Waals surface area (Å²) in [6.45, 7) is 5.26. The molecule has 0 saturated carbocycles. The minimum Gasteiger partial charge on any atom is -0.444 e. The molecule has 0 bridgehead atoms. The van der Waals surface area contributed by atoms with E-state index in [9.17, 15) is 39.3 Å². The van der Waals surface area contributed by atoms with Crippen molar-refractivity contribution in [1.29, 1.82) is 0 Å². The third kappa shape index (κ3) is 11.6. The smallest absolute Gasteiger partial charge is 0.408 e. The molecule has 1 saturated heterocycles. The first-order valence-corrected chi connectivity index (χ1v) is 11.9. The van der Waals surface area contributed by atoms with Crippen LogP contribution in [0.25, 0.3) is 0 Å². The van der Waals surface area contributed by atoms with Crippen molar-refractivity contribution in [3.63, 3.8) is 0 Å². The molecule has 1 fully saturated rings. The van der Waals surface area contributed by atoms with Crippen LogP contribution in [0.2, 0.25) is 0 Å². The number of ether oxygens (including phenoxy) is 2. The molecule has 16 heteroatoms. The Morgan fingerprint density at radius 3 is 2.08 bits per heavy atom. The largest absolute Gasteiger partial charge is 0.444 e. The zero-order valence-electron chi connectivity index (χ0n) is 22.7. The van der Waals surface area contributed by atoms with Crippen molar-refractivity contribution in [3.8, 4) is 0 Å². The zero-order chi connectivity index (χ0) is 29.4. The van der Waals surface area contributed by atoms with Gasteiger partial charge in [-0.1, -0.05) is 0 Å². The molecule has 1 aliphatic rings. The Kier molecular flexibility index (Phi) is 11.9. The van der Waals surface area contributed by atoms with Crippen LogP contribution in [-0.4, -0.2) is 126 Å². The number of rotatable bonds is 9. The number of nitrogens with zero attached hydrogens (tertiary/aromatic N) is 1. The second kappa shape index (κ2) is 13.7. The van der Waals surface area contributed by atoms with Crippen molar-refractivity contribution >= 4 is 29.7 Å². The summed E-state index contributed by atoms with van der Waals surface area (Å²) in [4.78, 5) is 61.6. The number of carbonyl (C=O) groups excluding carboxylic acids is 5. The summed E-state index contributed by atoms with van der Waals surface area (Å²) in [6.07, 6.45) is -7.54. The lowest BCUT2D eigenvalue weighted by Crippen LogP contribution is -2.68. The highest BCUT2D eigenvalue weighted by Crippen LogP contribution is 2.20. The van der Waals surface area contributed by atoms with Gasteiger partial charge in [-0.2, -0.15) is 0 Å². The number of hydrogen-bond acceptors (Lipinski definition) is 10. The summed E-state index contributed by atoms with van der Waals surface area (Å²) in [5.41, 5.74) is 3.45. The molecule has 0 aromatic heterocycles. The molecule has 1 rings (SSSR count). The fourth-order valence-corrected chi connectivity index (χ4v) is 3.39. The van der Waals surface area contributed by atoms with Crippen molar-refractivity contribution in [2.75, 3.05) is 34.3 Å². The summed E-state index contributed by atoms with van der Waals surface area (Å²) >= 11 is 0. The highest BCUT2D eigenvalue weighted by atomic mass is 16.6. The van der Waals surface area contributed by atoms with Crippen LogP contribution >= 0.6 is 0 Å². The lowest BCUT2D eigenvalue weighted by Gasteiger charge is -2.42. The predicted octanol–water partition coefficient (Wildman–Crippen LogP) is -3.82. The summed E-state index contributed by atoms with van der Waals surface area (Å²) < 4.78 is 10.9. The molecule has 6 atom stereocenters. The van der Waals surface area contributed by atoms with Crippen molar-refractivity contribution < 1.29 is 53.2 Å². The Morgan fingerprint density at radius 2 is 1.58 bits per heavy atom. The zero-order valence-corrected chi connectivity index (χ0v) is 22.7. The molecule has 1 aliphatic heterocycles. The maximum atomic E-state index is 12.9. The Hall–Kier alpha value is -3.05. The van der Waals surface area contributed by atoms with Crippen molar-refractivity contribution in [1.82, 2.24) is 26.8 Å². The van der Waals surface area contributed by atoms with Gasteiger partial charge in [-0.05, 0) is 20.8 Å². The summed E-state index contributed by atoms with van der Waals surface area (Å²) in [6, 6.07) is -2.82. The van der Waals surface area contributed by atoms with E-state index < -0.39 is 85.0 Å². The highest BCUT2D eigenvalue weighted by Gasteiger charge is 2.45. The average Bonchev–Trinajstić information content (AvgIpc) is 2.73. The van der Waals surface area contributed by atoms with Gasteiger partial charge in [0, 0.05) is 6.92 Å². The van der Waals surface area contributed by atoms with Crippen LogP contribution < -0.4 is 26.8 Å². The standard InChI is InChI=1S/C22H40N6O10/c1-11(30)23-16-18(34)17(33)13(10-29)37-20(16)25-14(31)8-12(24-21(36)38-22(2,3)4)19(35)27-26-15(32)9-28(5,6)7/h12-13,16-18,20,29,33-34H,8-10H2,1-7H3,(H4-,23,24,25,26,27,30,31,32,35,36)/p+1/t12-,13+,16+,17+,18+,20+/m0/s1. The van der Waals surface area contributed by atoms with Crippen molar-refractivity contribution in [3.05, 3.63) is 0 Å². The van der Waals surface area contributed by atoms with Gasteiger partial charge in [-0.25, -0.2) is 4.79 Å². The number of aliphatic hydroxyl groups excluding tert-OH is 3. The minimum atomic E-state index is -1.61. The first-order chi connectivity index (χ1) is 17.3. The predicted molar refractivity (Wildman–Crippen MR) is 130 cm³/mol. The van der Waals surface area contributed by atoms with E-state index >= 15 is 0 Å². The van der Waals surface area contributed by atoms with E-state index in [2.05, 4.69) is 26.8 Å². The summed E-state index contributed by atoms with van der Waals surface area (Å²) in [7, 11) is 5.28. The molecule has 38 heavy (non-hydrogen) atoms. The van der Waals surface area contributed by atoms with Crippen LogP contribution in [0.3, 0.4) is 0 Å². The molecule has 0 aromatic carbocycles. The molecule has 218 valence electrons. The van der Waals surface area contributed by atoms with Gasteiger partial charge < -0.3 is 45.2 Å². The number of quaternary nitrogens is 1. The van der Waals surface area contributed by atoms with Crippen LogP contribution in [0.1, 0.15) is 34.1 Å². The number of carbonyl (C=O) groups is 5. The monoisotopic (exact) mass is 549 g/mol. The Morgan fingerprint density at radius 1 is 0.974 bits per heavy atom. The van der Waals surface area contributed by atoms with E-state index in [0.29, 0.717) is 0 Å². The number of likely N-dealkylation sites (N-methyl/N-ethyl adjacent to an activating group) is 1. The maximum Gasteiger partial charge on any atom is 0.408 e. The number of aliphatic hydroxyl groups is 3. The molecular weight excluding hydrogens is 508 g/mol. The van der Waals surface area contributed by atoms with Crippen LogP contribution in [0.5, 0.6) is 0 Å². The molecule has 0 radical (unpaired) electrons. The first kappa shape index (κ1) is 33.0. The van der Waals surface area contributed by atoms with E-state index in [1.54, 1.807) is 41.9 Å². The molecule has 8 N–H and O–H groups in total. The summed E-state index contributed by atoms with van der Waals surface area (Å²) in [5, 5.41) is 36.9. The van der Waals surface area contributed by atoms with Crippen LogP contribution in [0.15, 0.2) is 0 Å². The third-order valence-electron chi connectivity index (χ3n) is 4.94. The van der Waals surface area contributed by atoms with Crippen LogP contribution in [0, 0.1) is 0 Å². The normalized spacial score (nSPS) is 24.4. The lowest BCUT2D eigenvalue weighted by molar-refractivity contribution is -0.862. The maximum absolute atomic E-state index is 12.9. The van der Waals surface area contributed by atoms with Crippen molar-refractivity contribution in [2.45, 2.75) is 76.3 Å².